The second-order valence-corrected chi connectivity index (χ2v) is 4.12. The van der Waals surface area contributed by atoms with E-state index in [4.69, 9.17) is 5.26 Å². The Labute approximate surface area is 90.3 Å². The molecule has 0 aliphatic carbocycles. The first-order valence-corrected chi connectivity index (χ1v) is 5.33. The van der Waals surface area contributed by atoms with Gasteiger partial charge in [0, 0.05) is 12.3 Å². The van der Waals surface area contributed by atoms with Gasteiger partial charge in [0.15, 0.2) is 0 Å². The topological polar surface area (TPSA) is 36.1 Å². The van der Waals surface area contributed by atoms with Crippen molar-refractivity contribution < 1.29 is 0 Å². The lowest BCUT2D eigenvalue weighted by Crippen LogP contribution is -2.14. The molecule has 2 nitrogen and oxygen atoms in total. The Bertz CT molecular complexity index is 409. The third kappa shape index (κ3) is 2.24. The summed E-state index contributed by atoms with van der Waals surface area (Å²) in [7, 11) is 0. The van der Waals surface area contributed by atoms with Gasteiger partial charge in [-0.25, -0.2) is 0 Å². The highest BCUT2D eigenvalue weighted by atomic mass is 14.8. The van der Waals surface area contributed by atoms with Crippen LogP contribution in [0.3, 0.4) is 0 Å². The first-order valence-electron chi connectivity index (χ1n) is 5.33. The summed E-state index contributed by atoms with van der Waals surface area (Å²) >= 11 is 0. The molecule has 0 saturated carbocycles. The molecular weight excluding hydrogens is 184 g/mol. The minimum Gasteiger partial charge on any atom is -0.289 e. The van der Waals surface area contributed by atoms with Gasteiger partial charge in [0.25, 0.3) is 0 Å². The molecule has 0 N–H and O–H groups in total. The van der Waals surface area contributed by atoms with E-state index in [1.54, 1.807) is 0 Å². The van der Waals surface area contributed by atoms with Crippen molar-refractivity contribution in [3.8, 4) is 6.07 Å². The number of hydrogen-bond acceptors (Lipinski definition) is 2. The highest BCUT2D eigenvalue weighted by Gasteiger charge is 2.12. The predicted octanol–water partition coefficient (Wildman–Crippen LogP) is 2.78. The molecular formula is C13H14N2. The van der Waals surface area contributed by atoms with E-state index in [1.807, 2.05) is 24.3 Å². The lowest BCUT2D eigenvalue weighted by atomic mass is 9.95. The number of aliphatic imine (C=N–C) groups is 1. The number of nitriles is 1. The predicted molar refractivity (Wildman–Crippen MR) is 61.0 cm³/mol. The third-order valence-corrected chi connectivity index (χ3v) is 2.81. The molecule has 0 unspecified atom stereocenters. The molecule has 0 radical (unpaired) electrons. The second kappa shape index (κ2) is 4.27. The average molecular weight is 198 g/mol. The minimum absolute atomic E-state index is 0.712. The van der Waals surface area contributed by atoms with Gasteiger partial charge in [0.1, 0.15) is 0 Å². The van der Waals surface area contributed by atoms with Crippen molar-refractivity contribution in [2.24, 2.45) is 10.9 Å². The van der Waals surface area contributed by atoms with Crippen molar-refractivity contribution in [3.05, 3.63) is 35.4 Å². The van der Waals surface area contributed by atoms with Gasteiger partial charge >= 0.3 is 0 Å². The Balaban J connectivity index is 2.20. The van der Waals surface area contributed by atoms with E-state index in [2.05, 4.69) is 18.0 Å². The molecule has 0 spiro atoms. The summed E-state index contributed by atoms with van der Waals surface area (Å²) in [6.45, 7) is 3.17. The summed E-state index contributed by atoms with van der Waals surface area (Å²) in [6, 6.07) is 9.83. The molecule has 0 fully saturated rings. The smallest absolute Gasteiger partial charge is 0.0991 e. The largest absolute Gasteiger partial charge is 0.289 e. The van der Waals surface area contributed by atoms with Gasteiger partial charge in [-0.15, -0.1) is 0 Å². The van der Waals surface area contributed by atoms with Crippen molar-refractivity contribution in [2.75, 3.05) is 6.54 Å². The van der Waals surface area contributed by atoms with E-state index in [-0.39, 0.29) is 0 Å². The van der Waals surface area contributed by atoms with Crippen LogP contribution in [0.5, 0.6) is 0 Å². The first kappa shape index (κ1) is 9.92. The Kier molecular flexibility index (Phi) is 2.82. The maximum Gasteiger partial charge on any atom is 0.0991 e. The fraction of sp³-hybridized carbons (Fsp3) is 0.385. The van der Waals surface area contributed by atoms with Crippen molar-refractivity contribution >= 4 is 5.71 Å². The van der Waals surface area contributed by atoms with Crippen LogP contribution in [0.2, 0.25) is 0 Å². The van der Waals surface area contributed by atoms with Crippen LogP contribution in [0.1, 0.15) is 30.9 Å². The summed E-state index contributed by atoms with van der Waals surface area (Å²) in [5.41, 5.74) is 3.07. The highest BCUT2D eigenvalue weighted by molar-refractivity contribution is 6.00. The molecule has 0 aromatic heterocycles. The van der Waals surface area contributed by atoms with E-state index in [9.17, 15) is 0 Å². The first-order chi connectivity index (χ1) is 7.29. The normalized spacial score (nSPS) is 20.5. The fourth-order valence-corrected chi connectivity index (χ4v) is 1.79. The molecule has 2 heteroatoms. The van der Waals surface area contributed by atoms with Gasteiger partial charge in [0.2, 0.25) is 0 Å². The lowest BCUT2D eigenvalue weighted by molar-refractivity contribution is 0.538. The number of benzene rings is 1. The third-order valence-electron chi connectivity index (χ3n) is 2.81. The Morgan fingerprint density at radius 1 is 1.33 bits per heavy atom. The number of nitrogens with zero attached hydrogens (tertiary/aromatic N) is 2. The fourth-order valence-electron chi connectivity index (χ4n) is 1.79. The molecule has 1 aliphatic rings. The Morgan fingerprint density at radius 3 is 2.60 bits per heavy atom. The van der Waals surface area contributed by atoms with Gasteiger partial charge in [-0.05, 0) is 36.5 Å². The van der Waals surface area contributed by atoms with Crippen LogP contribution in [0.4, 0.5) is 0 Å². The quantitative estimate of drug-likeness (QED) is 0.683. The van der Waals surface area contributed by atoms with Crippen LogP contribution >= 0.6 is 0 Å². The number of hydrogen-bond donors (Lipinski definition) is 0. The van der Waals surface area contributed by atoms with Gasteiger partial charge in [-0.2, -0.15) is 5.26 Å². The summed E-state index contributed by atoms with van der Waals surface area (Å²) in [6.07, 6.45) is 2.28. The van der Waals surface area contributed by atoms with Crippen molar-refractivity contribution in [2.45, 2.75) is 19.8 Å². The van der Waals surface area contributed by atoms with Crippen molar-refractivity contribution in [3.63, 3.8) is 0 Å². The molecule has 1 aromatic carbocycles. The average Bonchev–Trinajstić information content (AvgIpc) is 2.30. The maximum atomic E-state index is 8.69. The molecule has 1 aliphatic heterocycles. The molecule has 1 heterocycles. The molecule has 1 atom stereocenters. The zero-order valence-corrected chi connectivity index (χ0v) is 8.90. The SMILES string of the molecule is C[C@H]1CCC(c2ccc(C#N)cc2)=NC1. The molecule has 0 bridgehead atoms. The van der Waals surface area contributed by atoms with Crippen LogP contribution in [0, 0.1) is 17.2 Å². The van der Waals surface area contributed by atoms with Gasteiger partial charge in [0.05, 0.1) is 11.6 Å². The summed E-state index contributed by atoms with van der Waals surface area (Å²) in [4.78, 5) is 4.57. The monoisotopic (exact) mass is 198 g/mol. The van der Waals surface area contributed by atoms with Crippen LogP contribution in [-0.2, 0) is 0 Å². The van der Waals surface area contributed by atoms with Crippen LogP contribution in [0.15, 0.2) is 29.3 Å². The zero-order valence-electron chi connectivity index (χ0n) is 8.90. The van der Waals surface area contributed by atoms with Crippen molar-refractivity contribution in [1.82, 2.24) is 0 Å². The van der Waals surface area contributed by atoms with Gasteiger partial charge in [-0.3, -0.25) is 4.99 Å². The Morgan fingerprint density at radius 2 is 2.07 bits per heavy atom. The number of rotatable bonds is 1. The Hall–Kier alpha value is -1.62. The standard InChI is InChI=1S/C13H14N2/c1-10-2-7-13(15-9-10)12-5-3-11(8-14)4-6-12/h3-6,10H,2,7,9H2,1H3/t10-/m0/s1. The summed E-state index contributed by atoms with van der Waals surface area (Å²) < 4.78 is 0. The van der Waals surface area contributed by atoms with Gasteiger partial charge in [-0.1, -0.05) is 19.1 Å². The van der Waals surface area contributed by atoms with E-state index < -0.39 is 0 Å². The highest BCUT2D eigenvalue weighted by Crippen LogP contribution is 2.17. The minimum atomic E-state index is 0.712. The van der Waals surface area contributed by atoms with Crippen LogP contribution < -0.4 is 0 Å². The van der Waals surface area contributed by atoms with Crippen molar-refractivity contribution in [1.29, 1.82) is 5.26 Å². The zero-order chi connectivity index (χ0) is 10.7. The van der Waals surface area contributed by atoms with E-state index in [1.165, 1.54) is 17.7 Å². The van der Waals surface area contributed by atoms with E-state index >= 15 is 0 Å². The lowest BCUT2D eigenvalue weighted by Gasteiger charge is -2.17. The summed E-state index contributed by atoms with van der Waals surface area (Å²) in [5, 5.41) is 8.69. The molecule has 0 amide bonds. The van der Waals surface area contributed by atoms with Crippen LogP contribution in [-0.4, -0.2) is 12.3 Å². The second-order valence-electron chi connectivity index (χ2n) is 4.12. The molecule has 2 rings (SSSR count). The molecule has 15 heavy (non-hydrogen) atoms. The summed E-state index contributed by atoms with van der Waals surface area (Å²) in [5.74, 6) is 0.715. The molecule has 76 valence electrons. The van der Waals surface area contributed by atoms with E-state index in [0.717, 1.165) is 13.0 Å². The molecule has 0 saturated heterocycles. The maximum absolute atomic E-state index is 8.69. The van der Waals surface area contributed by atoms with E-state index in [0.29, 0.717) is 11.5 Å². The molecule has 1 aromatic rings. The van der Waals surface area contributed by atoms with Gasteiger partial charge < -0.3 is 0 Å². The van der Waals surface area contributed by atoms with Crippen LogP contribution in [0.25, 0.3) is 0 Å².